The second kappa shape index (κ2) is 5.79. The van der Waals surface area contributed by atoms with Gasteiger partial charge in [0.1, 0.15) is 16.5 Å². The molecule has 7 heteroatoms. The number of rotatable bonds is 4. The Hall–Kier alpha value is -1.99. The van der Waals surface area contributed by atoms with Gasteiger partial charge in [0, 0.05) is 5.69 Å². The molecule has 0 atom stereocenters. The van der Waals surface area contributed by atoms with Gasteiger partial charge in [-0.15, -0.1) is 0 Å². The number of aliphatic hydroxyl groups is 1. The third-order valence-electron chi connectivity index (χ3n) is 2.88. The Morgan fingerprint density at radius 2 is 1.76 bits per heavy atom. The molecule has 0 aliphatic heterocycles. The number of hydrogen-bond donors (Lipinski definition) is 2. The van der Waals surface area contributed by atoms with Gasteiger partial charge >= 0.3 is 0 Å². The molecule has 0 radical (unpaired) electrons. The Labute approximate surface area is 121 Å². The van der Waals surface area contributed by atoms with Crippen LogP contribution in [0.1, 0.15) is 11.1 Å². The molecule has 2 aromatic rings. The number of benzene rings is 2. The molecular formula is C14H13F2NO3S. The monoisotopic (exact) mass is 313 g/mol. The van der Waals surface area contributed by atoms with Gasteiger partial charge in [0.05, 0.1) is 6.61 Å². The molecule has 0 aliphatic carbocycles. The van der Waals surface area contributed by atoms with Gasteiger partial charge in [-0.2, -0.15) is 0 Å². The summed E-state index contributed by atoms with van der Waals surface area (Å²) in [6.07, 6.45) is 0. The zero-order valence-electron chi connectivity index (χ0n) is 11.1. The van der Waals surface area contributed by atoms with Crippen molar-refractivity contribution in [1.82, 2.24) is 0 Å². The summed E-state index contributed by atoms with van der Waals surface area (Å²) >= 11 is 0. The van der Waals surface area contributed by atoms with Crippen molar-refractivity contribution in [1.29, 1.82) is 0 Å². The number of anilines is 1. The van der Waals surface area contributed by atoms with Crippen molar-refractivity contribution in [2.24, 2.45) is 0 Å². The van der Waals surface area contributed by atoms with Crippen LogP contribution in [0, 0.1) is 18.6 Å². The smallest absolute Gasteiger partial charge is 0.264 e. The lowest BCUT2D eigenvalue weighted by molar-refractivity contribution is 0.281. The first-order chi connectivity index (χ1) is 9.83. The van der Waals surface area contributed by atoms with Gasteiger partial charge in [0.15, 0.2) is 0 Å². The van der Waals surface area contributed by atoms with Crippen molar-refractivity contribution in [2.45, 2.75) is 18.4 Å². The Morgan fingerprint density at radius 3 is 2.38 bits per heavy atom. The number of hydrogen-bond acceptors (Lipinski definition) is 3. The molecule has 0 heterocycles. The van der Waals surface area contributed by atoms with Crippen molar-refractivity contribution in [3.05, 3.63) is 59.2 Å². The number of aryl methyl sites for hydroxylation is 1. The lowest BCUT2D eigenvalue weighted by Gasteiger charge is -2.10. The van der Waals surface area contributed by atoms with E-state index in [1.54, 1.807) is 0 Å². The summed E-state index contributed by atoms with van der Waals surface area (Å²) in [7, 11) is -4.16. The predicted molar refractivity (Wildman–Crippen MR) is 74.3 cm³/mol. The van der Waals surface area contributed by atoms with Crippen LogP contribution in [0.4, 0.5) is 14.5 Å². The molecule has 4 nitrogen and oxygen atoms in total. The predicted octanol–water partition coefficient (Wildman–Crippen LogP) is 2.57. The fraction of sp³-hybridized carbons (Fsp3) is 0.143. The van der Waals surface area contributed by atoms with Crippen LogP contribution in [0.3, 0.4) is 0 Å². The van der Waals surface area contributed by atoms with Gasteiger partial charge in [0.2, 0.25) is 0 Å². The lowest BCUT2D eigenvalue weighted by atomic mass is 10.2. The molecule has 0 unspecified atom stereocenters. The summed E-state index contributed by atoms with van der Waals surface area (Å²) in [6.45, 7) is 1.08. The normalized spacial score (nSPS) is 11.4. The van der Waals surface area contributed by atoms with Crippen LogP contribution in [-0.2, 0) is 16.6 Å². The van der Waals surface area contributed by atoms with Crippen LogP contribution in [0.25, 0.3) is 0 Å². The molecule has 112 valence electrons. The van der Waals surface area contributed by atoms with E-state index in [-0.39, 0.29) is 16.8 Å². The second-order valence-electron chi connectivity index (χ2n) is 4.49. The van der Waals surface area contributed by atoms with Crippen molar-refractivity contribution >= 4 is 15.7 Å². The summed E-state index contributed by atoms with van der Waals surface area (Å²) in [5, 5.41) is 9.00. The quantitative estimate of drug-likeness (QED) is 0.911. The minimum atomic E-state index is -4.16. The molecular weight excluding hydrogens is 300 g/mol. The van der Waals surface area contributed by atoms with E-state index in [0.717, 1.165) is 18.2 Å². The minimum absolute atomic E-state index is 0.128. The highest BCUT2D eigenvalue weighted by molar-refractivity contribution is 7.92. The third kappa shape index (κ3) is 3.37. The first kappa shape index (κ1) is 15.4. The van der Waals surface area contributed by atoms with Crippen LogP contribution >= 0.6 is 0 Å². The van der Waals surface area contributed by atoms with E-state index in [2.05, 4.69) is 4.72 Å². The summed E-state index contributed by atoms with van der Waals surface area (Å²) in [4.78, 5) is -0.573. The van der Waals surface area contributed by atoms with Gasteiger partial charge in [-0.25, -0.2) is 17.2 Å². The highest BCUT2D eigenvalue weighted by Gasteiger charge is 2.20. The van der Waals surface area contributed by atoms with Crippen LogP contribution in [-0.4, -0.2) is 13.5 Å². The Balaban J connectivity index is 2.40. The van der Waals surface area contributed by atoms with Crippen LogP contribution in [0.2, 0.25) is 0 Å². The molecule has 2 rings (SSSR count). The van der Waals surface area contributed by atoms with Gasteiger partial charge in [-0.05, 0) is 48.4 Å². The fourth-order valence-electron chi connectivity index (χ4n) is 1.77. The van der Waals surface area contributed by atoms with Crippen molar-refractivity contribution in [3.63, 3.8) is 0 Å². The summed E-state index contributed by atoms with van der Waals surface area (Å²) in [5.41, 5.74) is 0.662. The molecule has 0 aromatic heterocycles. The van der Waals surface area contributed by atoms with Crippen molar-refractivity contribution in [3.8, 4) is 0 Å². The van der Waals surface area contributed by atoms with E-state index < -0.39 is 33.2 Å². The van der Waals surface area contributed by atoms with E-state index in [1.165, 1.54) is 25.1 Å². The van der Waals surface area contributed by atoms with Gasteiger partial charge < -0.3 is 5.11 Å². The standard InChI is InChI=1S/C14H13F2NO3S/c1-9-6-11(3-5-12(9)15)17-21(19,20)14-7-10(8-18)2-4-13(14)16/h2-7,17-18H,8H2,1H3. The minimum Gasteiger partial charge on any atom is -0.392 e. The molecule has 0 aliphatic rings. The first-order valence-corrected chi connectivity index (χ1v) is 7.50. The maximum atomic E-state index is 13.7. The molecule has 0 spiro atoms. The molecule has 2 N–H and O–H groups in total. The number of halogens is 2. The van der Waals surface area contributed by atoms with E-state index in [0.29, 0.717) is 0 Å². The highest BCUT2D eigenvalue weighted by atomic mass is 32.2. The van der Waals surface area contributed by atoms with Crippen molar-refractivity contribution < 1.29 is 22.3 Å². The molecule has 0 fully saturated rings. The molecule has 2 aromatic carbocycles. The Morgan fingerprint density at radius 1 is 1.10 bits per heavy atom. The zero-order valence-corrected chi connectivity index (χ0v) is 11.9. The van der Waals surface area contributed by atoms with Crippen LogP contribution in [0.15, 0.2) is 41.3 Å². The van der Waals surface area contributed by atoms with Crippen LogP contribution < -0.4 is 4.72 Å². The summed E-state index contributed by atoms with van der Waals surface area (Å²) in [5.74, 6) is -1.40. The molecule has 0 saturated heterocycles. The molecule has 0 bridgehead atoms. The highest BCUT2D eigenvalue weighted by Crippen LogP contribution is 2.21. The van der Waals surface area contributed by atoms with Gasteiger partial charge in [-0.1, -0.05) is 6.07 Å². The average molecular weight is 313 g/mol. The maximum absolute atomic E-state index is 13.7. The van der Waals surface area contributed by atoms with Gasteiger partial charge in [-0.3, -0.25) is 4.72 Å². The summed E-state index contributed by atoms with van der Waals surface area (Å²) < 4.78 is 53.3. The largest absolute Gasteiger partial charge is 0.392 e. The van der Waals surface area contributed by atoms with Gasteiger partial charge in [0.25, 0.3) is 10.0 Å². The molecule has 0 saturated carbocycles. The zero-order chi connectivity index (χ0) is 15.6. The maximum Gasteiger partial charge on any atom is 0.264 e. The van der Waals surface area contributed by atoms with E-state index in [1.807, 2.05) is 0 Å². The number of aliphatic hydroxyl groups excluding tert-OH is 1. The van der Waals surface area contributed by atoms with E-state index >= 15 is 0 Å². The lowest BCUT2D eigenvalue weighted by Crippen LogP contribution is -2.15. The van der Waals surface area contributed by atoms with E-state index in [9.17, 15) is 17.2 Å². The third-order valence-corrected chi connectivity index (χ3v) is 4.27. The second-order valence-corrected chi connectivity index (χ2v) is 6.14. The SMILES string of the molecule is Cc1cc(NS(=O)(=O)c2cc(CO)ccc2F)ccc1F. The molecule has 21 heavy (non-hydrogen) atoms. The first-order valence-electron chi connectivity index (χ1n) is 6.02. The topological polar surface area (TPSA) is 66.4 Å². The molecule has 0 amide bonds. The number of nitrogens with one attached hydrogen (secondary N) is 1. The Kier molecular flexibility index (Phi) is 4.24. The average Bonchev–Trinajstić information content (AvgIpc) is 2.43. The fourth-order valence-corrected chi connectivity index (χ4v) is 2.95. The summed E-state index contributed by atoms with van der Waals surface area (Å²) in [6, 6.07) is 6.97. The van der Waals surface area contributed by atoms with Crippen molar-refractivity contribution in [2.75, 3.05) is 4.72 Å². The Bertz CT molecular complexity index is 776. The number of sulfonamides is 1. The van der Waals surface area contributed by atoms with E-state index in [4.69, 9.17) is 5.11 Å². The van der Waals surface area contributed by atoms with Crippen LogP contribution in [0.5, 0.6) is 0 Å².